The van der Waals surface area contributed by atoms with Crippen LogP contribution in [0.1, 0.15) is 36.0 Å². The van der Waals surface area contributed by atoms with Crippen molar-refractivity contribution < 1.29 is 9.59 Å². The van der Waals surface area contributed by atoms with E-state index in [9.17, 15) is 9.59 Å². The van der Waals surface area contributed by atoms with Crippen LogP contribution in [0.5, 0.6) is 0 Å². The van der Waals surface area contributed by atoms with Crippen LogP contribution in [0.25, 0.3) is 0 Å². The Morgan fingerprint density at radius 3 is 1.81 bits per heavy atom. The first kappa shape index (κ1) is 22.1. The number of piperazine rings is 1. The molecule has 2 fully saturated rings. The van der Waals surface area contributed by atoms with Gasteiger partial charge < -0.3 is 20.9 Å². The van der Waals surface area contributed by atoms with E-state index >= 15 is 0 Å². The van der Waals surface area contributed by atoms with Crippen LogP contribution in [0.4, 0.5) is 17.1 Å². The van der Waals surface area contributed by atoms with E-state index in [1.54, 1.807) is 12.1 Å². The van der Waals surface area contributed by atoms with Crippen LogP contribution < -0.4 is 20.9 Å². The van der Waals surface area contributed by atoms with Gasteiger partial charge in [0.2, 0.25) is 11.8 Å². The number of carbonyl (C=O) groups is 2. The van der Waals surface area contributed by atoms with Crippen LogP contribution in [-0.4, -0.2) is 62.5 Å². The number of hydrogen-bond acceptors (Lipinski definition) is 5. The molecule has 2 amide bonds. The molecule has 0 bridgehead atoms. The zero-order valence-electron chi connectivity index (χ0n) is 18.6. The van der Waals surface area contributed by atoms with E-state index in [2.05, 4.69) is 32.1 Å². The number of rotatable bonds is 6. The molecular weight excluding hydrogens is 402 g/mol. The van der Waals surface area contributed by atoms with Gasteiger partial charge in [0.25, 0.3) is 0 Å². The minimum atomic E-state index is -0.413. The van der Waals surface area contributed by atoms with E-state index < -0.39 is 5.91 Å². The first-order valence-electron chi connectivity index (χ1n) is 11.6. The van der Waals surface area contributed by atoms with Gasteiger partial charge in [0.15, 0.2) is 0 Å². The molecule has 2 heterocycles. The van der Waals surface area contributed by atoms with E-state index in [1.807, 2.05) is 24.3 Å². The molecule has 7 heteroatoms. The fourth-order valence-corrected chi connectivity index (χ4v) is 4.49. The maximum Gasteiger partial charge on any atom is 0.248 e. The molecule has 0 unspecified atom stereocenters. The van der Waals surface area contributed by atoms with Crippen molar-refractivity contribution >= 4 is 28.9 Å². The number of nitrogens with zero attached hydrogens (tertiary/aromatic N) is 3. The number of hydrogen-bond donors (Lipinski definition) is 2. The molecule has 0 saturated carbocycles. The molecule has 2 aromatic carbocycles. The highest BCUT2D eigenvalue weighted by Gasteiger charge is 2.19. The maximum absolute atomic E-state index is 12.5. The zero-order valence-corrected chi connectivity index (χ0v) is 18.6. The van der Waals surface area contributed by atoms with Gasteiger partial charge in [-0.05, 0) is 61.4 Å². The SMILES string of the molecule is NC(=O)c1ccc(N2CCN(CC(=O)Nc3ccc(N4CCCCCC4)cc3)CC2)cc1. The second kappa shape index (κ2) is 10.5. The van der Waals surface area contributed by atoms with Crippen molar-refractivity contribution in [3.8, 4) is 0 Å². The van der Waals surface area contributed by atoms with Crippen molar-refractivity contribution in [3.05, 3.63) is 54.1 Å². The third-order valence-electron chi connectivity index (χ3n) is 6.38. The van der Waals surface area contributed by atoms with Gasteiger partial charge in [-0.1, -0.05) is 12.8 Å². The van der Waals surface area contributed by atoms with Crippen molar-refractivity contribution in [2.24, 2.45) is 5.73 Å². The highest BCUT2D eigenvalue weighted by molar-refractivity contribution is 5.93. The number of anilines is 3. The predicted molar refractivity (Wildman–Crippen MR) is 129 cm³/mol. The first-order valence-corrected chi connectivity index (χ1v) is 11.6. The molecular formula is C25H33N5O2. The van der Waals surface area contributed by atoms with Gasteiger partial charge in [-0.2, -0.15) is 0 Å². The Morgan fingerprint density at radius 2 is 1.25 bits per heavy atom. The minimum Gasteiger partial charge on any atom is -0.372 e. The molecule has 0 spiro atoms. The maximum atomic E-state index is 12.5. The van der Waals surface area contributed by atoms with Gasteiger partial charge in [-0.15, -0.1) is 0 Å². The lowest BCUT2D eigenvalue weighted by molar-refractivity contribution is -0.117. The summed E-state index contributed by atoms with van der Waals surface area (Å²) in [4.78, 5) is 30.7. The topological polar surface area (TPSA) is 81.9 Å². The highest BCUT2D eigenvalue weighted by atomic mass is 16.2. The summed E-state index contributed by atoms with van der Waals surface area (Å²) in [7, 11) is 0. The highest BCUT2D eigenvalue weighted by Crippen LogP contribution is 2.22. The van der Waals surface area contributed by atoms with Crippen LogP contribution >= 0.6 is 0 Å². The number of primary amides is 1. The fourth-order valence-electron chi connectivity index (χ4n) is 4.49. The lowest BCUT2D eigenvalue weighted by Crippen LogP contribution is -2.48. The van der Waals surface area contributed by atoms with Crippen molar-refractivity contribution in [3.63, 3.8) is 0 Å². The Hall–Kier alpha value is -3.06. The van der Waals surface area contributed by atoms with E-state index in [4.69, 9.17) is 5.73 Å². The molecule has 2 aliphatic rings. The van der Waals surface area contributed by atoms with Crippen LogP contribution in [-0.2, 0) is 4.79 Å². The van der Waals surface area contributed by atoms with Crippen molar-refractivity contribution in [2.45, 2.75) is 25.7 Å². The largest absolute Gasteiger partial charge is 0.372 e. The van der Waals surface area contributed by atoms with E-state index in [0.717, 1.165) is 50.6 Å². The summed E-state index contributed by atoms with van der Waals surface area (Å²) in [5.74, 6) is -0.393. The van der Waals surface area contributed by atoms with Crippen molar-refractivity contribution in [1.29, 1.82) is 0 Å². The van der Waals surface area contributed by atoms with Crippen molar-refractivity contribution in [1.82, 2.24) is 4.90 Å². The summed E-state index contributed by atoms with van der Waals surface area (Å²) >= 11 is 0. The van der Waals surface area contributed by atoms with Gasteiger partial charge in [0.05, 0.1) is 6.54 Å². The molecule has 0 atom stereocenters. The Labute approximate surface area is 190 Å². The number of carbonyl (C=O) groups excluding carboxylic acids is 2. The molecule has 170 valence electrons. The molecule has 2 aromatic rings. The second-order valence-corrected chi connectivity index (χ2v) is 8.67. The van der Waals surface area contributed by atoms with Gasteiger partial charge in [-0.25, -0.2) is 0 Å². The summed E-state index contributed by atoms with van der Waals surface area (Å²) in [5, 5.41) is 3.03. The number of nitrogens with two attached hydrogens (primary N) is 1. The van der Waals surface area contributed by atoms with E-state index in [0.29, 0.717) is 12.1 Å². The van der Waals surface area contributed by atoms with Gasteiger partial charge >= 0.3 is 0 Å². The van der Waals surface area contributed by atoms with Gasteiger partial charge in [-0.3, -0.25) is 14.5 Å². The lowest BCUT2D eigenvalue weighted by Gasteiger charge is -2.35. The number of amides is 2. The van der Waals surface area contributed by atoms with Gasteiger partial charge in [0, 0.05) is 61.9 Å². The fraction of sp³-hybridized carbons (Fsp3) is 0.440. The Bertz CT molecular complexity index is 897. The summed E-state index contributed by atoms with van der Waals surface area (Å²) < 4.78 is 0. The molecule has 3 N–H and O–H groups in total. The Morgan fingerprint density at radius 1 is 0.719 bits per heavy atom. The Balaban J connectivity index is 1.23. The smallest absolute Gasteiger partial charge is 0.248 e. The molecule has 4 rings (SSSR count). The molecule has 2 aliphatic heterocycles. The average Bonchev–Trinajstić information content (AvgIpc) is 3.10. The monoisotopic (exact) mass is 435 g/mol. The van der Waals surface area contributed by atoms with E-state index in [1.165, 1.54) is 31.4 Å². The number of nitrogens with one attached hydrogen (secondary N) is 1. The van der Waals surface area contributed by atoms with Crippen LogP contribution in [0.2, 0.25) is 0 Å². The molecule has 7 nitrogen and oxygen atoms in total. The molecule has 0 aliphatic carbocycles. The molecule has 0 radical (unpaired) electrons. The quantitative estimate of drug-likeness (QED) is 0.729. The van der Waals surface area contributed by atoms with Crippen LogP contribution in [0.3, 0.4) is 0 Å². The number of benzene rings is 2. The summed E-state index contributed by atoms with van der Waals surface area (Å²) in [6.45, 7) is 5.95. The molecule has 0 aromatic heterocycles. The summed E-state index contributed by atoms with van der Waals surface area (Å²) in [6, 6.07) is 15.6. The average molecular weight is 436 g/mol. The molecule has 2 saturated heterocycles. The third kappa shape index (κ3) is 5.79. The van der Waals surface area contributed by atoms with Crippen LogP contribution in [0, 0.1) is 0 Å². The summed E-state index contributed by atoms with van der Waals surface area (Å²) in [6.07, 6.45) is 5.15. The normalized spacial score (nSPS) is 17.6. The lowest BCUT2D eigenvalue weighted by atomic mass is 10.1. The zero-order chi connectivity index (χ0) is 22.3. The van der Waals surface area contributed by atoms with Crippen LogP contribution in [0.15, 0.2) is 48.5 Å². The van der Waals surface area contributed by atoms with Crippen molar-refractivity contribution in [2.75, 3.05) is 60.9 Å². The summed E-state index contributed by atoms with van der Waals surface area (Å²) in [5.41, 5.74) is 8.99. The first-order chi connectivity index (χ1) is 15.6. The Kier molecular flexibility index (Phi) is 7.27. The molecule has 32 heavy (non-hydrogen) atoms. The standard InChI is InChI=1S/C25H33N5O2/c26-25(32)20-5-9-22(10-6-20)30-17-15-28(16-18-30)19-24(31)27-21-7-11-23(12-8-21)29-13-3-1-2-4-14-29/h5-12H,1-4,13-19H2,(H2,26,32)(H,27,31). The third-order valence-corrected chi connectivity index (χ3v) is 6.38. The van der Waals surface area contributed by atoms with E-state index in [-0.39, 0.29) is 5.91 Å². The predicted octanol–water partition coefficient (Wildman–Crippen LogP) is 2.93. The van der Waals surface area contributed by atoms with Gasteiger partial charge in [0.1, 0.15) is 0 Å². The minimum absolute atomic E-state index is 0.0202. The second-order valence-electron chi connectivity index (χ2n) is 8.67.